The second-order valence-corrected chi connectivity index (χ2v) is 3.66. The van der Waals surface area contributed by atoms with E-state index in [1.165, 1.54) is 26.3 Å². The summed E-state index contributed by atoms with van der Waals surface area (Å²) in [4.78, 5) is 19.3. The van der Waals surface area contributed by atoms with Gasteiger partial charge in [-0.25, -0.2) is 9.68 Å². The van der Waals surface area contributed by atoms with E-state index >= 15 is 0 Å². The molecule has 0 aromatic carbocycles. The van der Waals surface area contributed by atoms with Gasteiger partial charge in [-0.1, -0.05) is 0 Å². The largest absolute Gasteiger partial charge is 0.465 e. The topological polar surface area (TPSA) is 71.0 Å². The Morgan fingerprint density at radius 3 is 2.71 bits per heavy atom. The maximum atomic E-state index is 9.26. The number of carboxylic acid groups (broad SMARTS) is 1. The highest BCUT2D eigenvalue weighted by Crippen LogP contribution is 2.44. The minimum absolute atomic E-state index is 0.398. The van der Waals surface area contributed by atoms with E-state index in [2.05, 4.69) is 0 Å². The molecule has 4 rings (SSSR count). The van der Waals surface area contributed by atoms with Crippen molar-refractivity contribution in [3.63, 3.8) is 0 Å². The summed E-state index contributed by atoms with van der Waals surface area (Å²) in [5, 5.41) is 11.6. The highest BCUT2D eigenvalue weighted by molar-refractivity contribution is 5.63. The number of fused-ring (bicyclic) bond motifs is 1. The smallest absolute Gasteiger partial charge is 0.404 e. The predicted molar refractivity (Wildman–Crippen MR) is 46.3 cm³/mol. The molecule has 3 aliphatic heterocycles. The lowest BCUT2D eigenvalue weighted by Gasteiger charge is -2.45. The molecule has 6 nitrogen and oxygen atoms in total. The van der Waals surface area contributed by atoms with Gasteiger partial charge < -0.3 is 10.4 Å². The van der Waals surface area contributed by atoms with Crippen molar-refractivity contribution >= 4 is 6.09 Å². The molecule has 4 fully saturated rings. The molecular formula is C8H14N2O4. The summed E-state index contributed by atoms with van der Waals surface area (Å²) < 4.78 is 0. The van der Waals surface area contributed by atoms with Gasteiger partial charge in [-0.2, -0.15) is 0 Å². The maximum Gasteiger partial charge on any atom is 0.404 e. The first-order valence-electron chi connectivity index (χ1n) is 4.75. The molecule has 0 spiro atoms. The van der Waals surface area contributed by atoms with Gasteiger partial charge in [0.1, 0.15) is 6.10 Å². The van der Waals surface area contributed by atoms with Crippen molar-refractivity contribution in [3.05, 3.63) is 0 Å². The van der Waals surface area contributed by atoms with Crippen LogP contribution in [0.1, 0.15) is 19.3 Å². The summed E-state index contributed by atoms with van der Waals surface area (Å²) >= 11 is 0. The van der Waals surface area contributed by atoms with Crippen molar-refractivity contribution in [3.8, 4) is 0 Å². The van der Waals surface area contributed by atoms with Gasteiger partial charge in [0, 0.05) is 13.1 Å². The first-order valence-corrected chi connectivity index (χ1v) is 4.75. The Morgan fingerprint density at radius 2 is 2.29 bits per heavy atom. The fraction of sp³-hybridized carbons (Fsp3) is 0.875. The van der Waals surface area contributed by atoms with Crippen molar-refractivity contribution in [2.24, 2.45) is 0 Å². The third-order valence-corrected chi connectivity index (χ3v) is 2.88. The lowest BCUT2D eigenvalue weighted by molar-refractivity contribution is -0.399. The van der Waals surface area contributed by atoms with E-state index < -0.39 is 6.09 Å². The summed E-state index contributed by atoms with van der Waals surface area (Å²) in [5.74, 6) is 0. The van der Waals surface area contributed by atoms with Crippen LogP contribution in [0.2, 0.25) is 0 Å². The Hall–Kier alpha value is -0.850. The quantitative estimate of drug-likeness (QED) is 0.555. The number of nitrogens with zero attached hydrogens (tertiary/aromatic N) is 1. The Balaban J connectivity index is 0.000000132. The summed E-state index contributed by atoms with van der Waals surface area (Å²) in [6, 6.07) is 1.30. The summed E-state index contributed by atoms with van der Waals surface area (Å²) in [6.45, 7) is 0. The molecule has 1 saturated carbocycles. The molecule has 1 amide bonds. The Labute approximate surface area is 81.7 Å². The van der Waals surface area contributed by atoms with Crippen molar-refractivity contribution in [1.29, 1.82) is 0 Å². The molecule has 0 aromatic heterocycles. The van der Waals surface area contributed by atoms with Crippen molar-refractivity contribution in [1.82, 2.24) is 10.4 Å². The van der Waals surface area contributed by atoms with E-state index in [4.69, 9.17) is 15.0 Å². The van der Waals surface area contributed by atoms with E-state index in [0.717, 1.165) is 0 Å². The number of amides is 1. The van der Waals surface area contributed by atoms with Gasteiger partial charge in [0.05, 0.1) is 6.04 Å². The summed E-state index contributed by atoms with van der Waals surface area (Å²) in [6.07, 6.45) is 3.16. The standard InChI is InChI=1S/C6H9NO2.C2H5NO2/c1-2-6-5-3-4(1)7(5)9-8-6;1-3-2(4)5/h4-6H,1-3H2;3H,1H3,(H,4,5). The number of piperidine rings is 1. The molecule has 14 heavy (non-hydrogen) atoms. The molecule has 3 heterocycles. The molecule has 0 radical (unpaired) electrons. The van der Waals surface area contributed by atoms with Crippen LogP contribution in [0, 0.1) is 0 Å². The second kappa shape index (κ2) is 3.72. The predicted octanol–water partition coefficient (Wildman–Crippen LogP) is 0.352. The summed E-state index contributed by atoms with van der Waals surface area (Å²) in [5.41, 5.74) is 0. The number of hydrogen-bond acceptors (Lipinski definition) is 4. The zero-order valence-electron chi connectivity index (χ0n) is 7.97. The van der Waals surface area contributed by atoms with Gasteiger partial charge in [-0.05, 0) is 19.3 Å². The Kier molecular flexibility index (Phi) is 2.58. The molecule has 0 aromatic rings. The third-order valence-electron chi connectivity index (χ3n) is 2.88. The van der Waals surface area contributed by atoms with E-state index in [9.17, 15) is 4.79 Å². The van der Waals surface area contributed by atoms with Crippen molar-refractivity contribution < 1.29 is 19.8 Å². The van der Waals surface area contributed by atoms with E-state index in [-0.39, 0.29) is 0 Å². The first-order chi connectivity index (χ1) is 6.72. The number of rotatable bonds is 0. The van der Waals surface area contributed by atoms with Gasteiger partial charge in [-0.3, -0.25) is 0 Å². The second-order valence-electron chi connectivity index (χ2n) is 3.66. The fourth-order valence-corrected chi connectivity index (χ4v) is 2.06. The van der Waals surface area contributed by atoms with Crippen LogP contribution in [-0.4, -0.2) is 41.5 Å². The van der Waals surface area contributed by atoms with Crippen LogP contribution in [0.15, 0.2) is 0 Å². The SMILES string of the molecule is C1CC2CC3C1OON23.CNC(=O)O. The van der Waals surface area contributed by atoms with Crippen LogP contribution in [0.5, 0.6) is 0 Å². The van der Waals surface area contributed by atoms with Gasteiger partial charge in [-0.15, -0.1) is 10.1 Å². The van der Waals surface area contributed by atoms with E-state index in [0.29, 0.717) is 18.2 Å². The van der Waals surface area contributed by atoms with Crippen LogP contribution in [0.25, 0.3) is 0 Å². The average Bonchev–Trinajstić information content (AvgIpc) is 2.39. The molecule has 2 N–H and O–H groups in total. The van der Waals surface area contributed by atoms with Crippen LogP contribution >= 0.6 is 0 Å². The minimum Gasteiger partial charge on any atom is -0.465 e. The Bertz CT molecular complexity index is 217. The molecule has 4 unspecified atom stereocenters. The van der Waals surface area contributed by atoms with Crippen LogP contribution in [0.3, 0.4) is 0 Å². The summed E-state index contributed by atoms with van der Waals surface area (Å²) in [7, 11) is 1.35. The number of hydroxylamine groups is 2. The zero-order chi connectivity index (χ0) is 10.1. The van der Waals surface area contributed by atoms with Gasteiger partial charge in [0.25, 0.3) is 0 Å². The molecule has 4 atom stereocenters. The van der Waals surface area contributed by atoms with E-state index in [1.54, 1.807) is 0 Å². The molecule has 4 bridgehead atoms. The molecule has 3 saturated heterocycles. The lowest BCUT2D eigenvalue weighted by Crippen LogP contribution is -2.58. The molecular weight excluding hydrogens is 188 g/mol. The first kappa shape index (κ1) is 9.70. The number of hydrogen-bond donors (Lipinski definition) is 2. The highest BCUT2D eigenvalue weighted by atomic mass is 17.3. The van der Waals surface area contributed by atoms with Gasteiger partial charge >= 0.3 is 6.09 Å². The maximum absolute atomic E-state index is 9.26. The van der Waals surface area contributed by atoms with E-state index in [1.807, 2.05) is 10.4 Å². The Morgan fingerprint density at radius 1 is 1.57 bits per heavy atom. The lowest BCUT2D eigenvalue weighted by atomic mass is 9.80. The molecule has 6 heteroatoms. The van der Waals surface area contributed by atoms with Crippen molar-refractivity contribution in [2.45, 2.75) is 37.5 Å². The minimum atomic E-state index is -0.995. The number of nitrogens with one attached hydrogen (secondary N) is 1. The van der Waals surface area contributed by atoms with Crippen LogP contribution < -0.4 is 5.32 Å². The van der Waals surface area contributed by atoms with Gasteiger partial charge in [0.15, 0.2) is 0 Å². The monoisotopic (exact) mass is 202 g/mol. The van der Waals surface area contributed by atoms with Crippen molar-refractivity contribution in [2.75, 3.05) is 7.05 Å². The molecule has 80 valence electrons. The van der Waals surface area contributed by atoms with Crippen LogP contribution in [-0.2, 0) is 9.88 Å². The van der Waals surface area contributed by atoms with Crippen LogP contribution in [0.4, 0.5) is 4.79 Å². The average molecular weight is 202 g/mol. The third kappa shape index (κ3) is 1.56. The van der Waals surface area contributed by atoms with Gasteiger partial charge in [0.2, 0.25) is 0 Å². The highest BCUT2D eigenvalue weighted by Gasteiger charge is 2.54. The number of carbonyl (C=O) groups is 1. The molecule has 4 aliphatic rings. The normalized spacial score (nSPS) is 41.8. The zero-order valence-corrected chi connectivity index (χ0v) is 7.97. The fourth-order valence-electron chi connectivity index (χ4n) is 2.06. The molecule has 1 aliphatic carbocycles.